The summed E-state index contributed by atoms with van der Waals surface area (Å²) < 4.78 is 5.26. The van der Waals surface area contributed by atoms with Crippen molar-refractivity contribution in [2.45, 2.75) is 24.4 Å². The third-order valence-electron chi connectivity index (χ3n) is 3.37. The van der Waals surface area contributed by atoms with Crippen LogP contribution in [0.1, 0.15) is 24.1 Å². The minimum absolute atomic E-state index is 0.297. The second kappa shape index (κ2) is 7.36. The van der Waals surface area contributed by atoms with Crippen LogP contribution in [0.4, 0.5) is 0 Å². The number of hydrogen-bond donors (Lipinski definition) is 1. The van der Waals surface area contributed by atoms with Gasteiger partial charge in [-0.15, -0.1) is 11.8 Å². The van der Waals surface area contributed by atoms with Crippen molar-refractivity contribution in [1.29, 1.82) is 0 Å². The predicted molar refractivity (Wildman–Crippen MR) is 86.5 cm³/mol. The summed E-state index contributed by atoms with van der Waals surface area (Å²) in [6.07, 6.45) is 2.10. The van der Waals surface area contributed by atoms with Crippen LogP contribution in [0.25, 0.3) is 0 Å². The van der Waals surface area contributed by atoms with Crippen LogP contribution < -0.4 is 10.1 Å². The van der Waals surface area contributed by atoms with Gasteiger partial charge in [0.1, 0.15) is 5.75 Å². The molecule has 1 atom stereocenters. The van der Waals surface area contributed by atoms with Crippen LogP contribution in [-0.2, 0) is 6.54 Å². The molecule has 106 valence electrons. The van der Waals surface area contributed by atoms with Gasteiger partial charge in [-0.3, -0.25) is 0 Å². The number of nitrogens with one attached hydrogen (secondary N) is 1. The van der Waals surface area contributed by atoms with Crippen LogP contribution in [0.5, 0.6) is 5.75 Å². The second-order valence-corrected chi connectivity index (χ2v) is 5.61. The molecule has 1 N–H and O–H groups in total. The molecule has 0 amide bonds. The van der Waals surface area contributed by atoms with Gasteiger partial charge < -0.3 is 10.1 Å². The van der Waals surface area contributed by atoms with Crippen molar-refractivity contribution in [2.75, 3.05) is 13.4 Å². The van der Waals surface area contributed by atoms with Gasteiger partial charge in [0.05, 0.1) is 7.11 Å². The third-order valence-corrected chi connectivity index (χ3v) is 4.11. The van der Waals surface area contributed by atoms with Gasteiger partial charge in [-0.1, -0.05) is 24.3 Å². The van der Waals surface area contributed by atoms with Gasteiger partial charge in [0.2, 0.25) is 0 Å². The molecule has 0 aliphatic heterocycles. The molecule has 0 fully saturated rings. The van der Waals surface area contributed by atoms with Crippen molar-refractivity contribution in [3.63, 3.8) is 0 Å². The quantitative estimate of drug-likeness (QED) is 0.802. The van der Waals surface area contributed by atoms with Gasteiger partial charge in [-0.05, 0) is 48.6 Å². The molecule has 1 unspecified atom stereocenters. The Morgan fingerprint density at radius 3 is 2.55 bits per heavy atom. The van der Waals surface area contributed by atoms with Crippen molar-refractivity contribution in [3.05, 3.63) is 59.7 Å². The van der Waals surface area contributed by atoms with E-state index in [9.17, 15) is 0 Å². The maximum absolute atomic E-state index is 5.26. The third kappa shape index (κ3) is 4.02. The van der Waals surface area contributed by atoms with Crippen LogP contribution in [-0.4, -0.2) is 13.4 Å². The van der Waals surface area contributed by atoms with Crippen molar-refractivity contribution < 1.29 is 4.74 Å². The van der Waals surface area contributed by atoms with Gasteiger partial charge in [-0.25, -0.2) is 0 Å². The molecule has 0 aliphatic rings. The fraction of sp³-hybridized carbons (Fsp3) is 0.294. The molecule has 2 rings (SSSR count). The Kier molecular flexibility index (Phi) is 5.50. The lowest BCUT2D eigenvalue weighted by Crippen LogP contribution is -2.18. The monoisotopic (exact) mass is 287 g/mol. The molecule has 20 heavy (non-hydrogen) atoms. The van der Waals surface area contributed by atoms with Crippen molar-refractivity contribution in [2.24, 2.45) is 0 Å². The average Bonchev–Trinajstić information content (AvgIpc) is 2.53. The minimum atomic E-state index is 0.297. The zero-order valence-electron chi connectivity index (χ0n) is 12.2. The smallest absolute Gasteiger partial charge is 0.119 e. The molecule has 0 saturated heterocycles. The zero-order chi connectivity index (χ0) is 14.4. The molecule has 0 aromatic heterocycles. The molecule has 0 radical (unpaired) electrons. The molecule has 2 aromatic rings. The molecule has 0 aliphatic carbocycles. The van der Waals surface area contributed by atoms with E-state index >= 15 is 0 Å². The number of methoxy groups -OCH3 is 1. The van der Waals surface area contributed by atoms with E-state index in [2.05, 4.69) is 54.9 Å². The maximum atomic E-state index is 5.26. The molecule has 0 spiro atoms. The van der Waals surface area contributed by atoms with Crippen LogP contribution >= 0.6 is 11.8 Å². The summed E-state index contributed by atoms with van der Waals surface area (Å²) in [5.74, 6) is 0.903. The predicted octanol–water partition coefficient (Wildman–Crippen LogP) is 4.27. The summed E-state index contributed by atoms with van der Waals surface area (Å²) in [6, 6.07) is 17.2. The minimum Gasteiger partial charge on any atom is -0.497 e. The van der Waals surface area contributed by atoms with Gasteiger partial charge in [0.15, 0.2) is 0 Å². The Hall–Kier alpha value is -1.45. The highest BCUT2D eigenvalue weighted by molar-refractivity contribution is 7.98. The number of ether oxygens (including phenoxy) is 1. The largest absolute Gasteiger partial charge is 0.497 e. The van der Waals surface area contributed by atoms with E-state index in [1.165, 1.54) is 16.0 Å². The van der Waals surface area contributed by atoms with Crippen LogP contribution in [0.2, 0.25) is 0 Å². The first-order valence-corrected chi connectivity index (χ1v) is 7.95. The molecule has 0 heterocycles. The summed E-state index contributed by atoms with van der Waals surface area (Å²) in [4.78, 5) is 1.30. The average molecular weight is 287 g/mol. The standard InChI is InChI=1S/C17H21NOS/c1-13(15-5-4-6-16(11-15)19-2)18-12-14-7-9-17(20-3)10-8-14/h4-11,13,18H,12H2,1-3H3. The first-order chi connectivity index (χ1) is 9.72. The lowest BCUT2D eigenvalue weighted by molar-refractivity contribution is 0.413. The molecular weight excluding hydrogens is 266 g/mol. The Morgan fingerprint density at radius 2 is 1.90 bits per heavy atom. The first kappa shape index (κ1) is 14.9. The topological polar surface area (TPSA) is 21.3 Å². The summed E-state index contributed by atoms with van der Waals surface area (Å²) in [5.41, 5.74) is 2.54. The molecule has 2 aromatic carbocycles. The Bertz CT molecular complexity index is 539. The van der Waals surface area contributed by atoms with E-state index in [0.29, 0.717) is 6.04 Å². The fourth-order valence-corrected chi connectivity index (χ4v) is 2.45. The van der Waals surface area contributed by atoms with Gasteiger partial charge >= 0.3 is 0 Å². The second-order valence-electron chi connectivity index (χ2n) is 4.73. The summed E-state index contributed by atoms with van der Waals surface area (Å²) in [5, 5.41) is 3.54. The Balaban J connectivity index is 1.95. The van der Waals surface area contributed by atoms with Crippen LogP contribution in [0.15, 0.2) is 53.4 Å². The van der Waals surface area contributed by atoms with E-state index in [4.69, 9.17) is 4.74 Å². The lowest BCUT2D eigenvalue weighted by Gasteiger charge is -2.15. The van der Waals surface area contributed by atoms with E-state index in [0.717, 1.165) is 12.3 Å². The van der Waals surface area contributed by atoms with Crippen LogP contribution in [0, 0.1) is 0 Å². The number of thioether (sulfide) groups is 1. The molecule has 3 heteroatoms. The molecular formula is C17H21NOS. The van der Waals surface area contributed by atoms with Gasteiger partial charge in [0, 0.05) is 17.5 Å². The van der Waals surface area contributed by atoms with Crippen LogP contribution in [0.3, 0.4) is 0 Å². The Labute approximate surface area is 125 Å². The highest BCUT2D eigenvalue weighted by Gasteiger charge is 2.05. The van der Waals surface area contributed by atoms with Gasteiger partial charge in [0.25, 0.3) is 0 Å². The van der Waals surface area contributed by atoms with Gasteiger partial charge in [-0.2, -0.15) is 0 Å². The maximum Gasteiger partial charge on any atom is 0.119 e. The normalized spacial score (nSPS) is 12.2. The highest BCUT2D eigenvalue weighted by atomic mass is 32.2. The fourth-order valence-electron chi connectivity index (χ4n) is 2.04. The van der Waals surface area contributed by atoms with Crippen molar-refractivity contribution >= 4 is 11.8 Å². The van der Waals surface area contributed by atoms with E-state index in [-0.39, 0.29) is 0 Å². The van der Waals surface area contributed by atoms with Crippen molar-refractivity contribution in [1.82, 2.24) is 5.32 Å². The summed E-state index contributed by atoms with van der Waals surface area (Å²) in [6.45, 7) is 3.04. The molecule has 0 bridgehead atoms. The van der Waals surface area contributed by atoms with E-state index < -0.39 is 0 Å². The number of hydrogen-bond acceptors (Lipinski definition) is 3. The molecule has 2 nitrogen and oxygen atoms in total. The lowest BCUT2D eigenvalue weighted by atomic mass is 10.1. The van der Waals surface area contributed by atoms with Crippen molar-refractivity contribution in [3.8, 4) is 5.75 Å². The molecule has 0 saturated carbocycles. The Morgan fingerprint density at radius 1 is 1.15 bits per heavy atom. The SMILES string of the molecule is COc1cccc(C(C)NCc2ccc(SC)cc2)c1. The zero-order valence-corrected chi connectivity index (χ0v) is 13.0. The highest BCUT2D eigenvalue weighted by Crippen LogP contribution is 2.19. The first-order valence-electron chi connectivity index (χ1n) is 6.73. The number of benzene rings is 2. The van der Waals surface area contributed by atoms with E-state index in [1.807, 2.05) is 12.1 Å². The van der Waals surface area contributed by atoms with E-state index in [1.54, 1.807) is 18.9 Å². The summed E-state index contributed by atoms with van der Waals surface area (Å²) in [7, 11) is 1.70. The summed E-state index contributed by atoms with van der Waals surface area (Å²) >= 11 is 1.77. The number of rotatable bonds is 6.